The predicted molar refractivity (Wildman–Crippen MR) is 115 cm³/mol. The normalized spacial score (nSPS) is 15.7. The molecule has 0 unspecified atom stereocenters. The van der Waals surface area contributed by atoms with Crippen molar-refractivity contribution >= 4 is 22.8 Å². The molecule has 6 nitrogen and oxygen atoms in total. The van der Waals surface area contributed by atoms with Crippen molar-refractivity contribution in [3.05, 3.63) is 36.4 Å². The van der Waals surface area contributed by atoms with Gasteiger partial charge in [0.15, 0.2) is 0 Å². The van der Waals surface area contributed by atoms with E-state index < -0.39 is 0 Å². The summed E-state index contributed by atoms with van der Waals surface area (Å²) in [6, 6.07) is 6.90. The maximum Gasteiger partial charge on any atom is 0.316 e. The highest BCUT2D eigenvalue weighted by molar-refractivity contribution is 7.99. The van der Waals surface area contributed by atoms with Crippen molar-refractivity contribution in [2.75, 3.05) is 20.3 Å². The van der Waals surface area contributed by atoms with Gasteiger partial charge in [0, 0.05) is 47.4 Å². The van der Waals surface area contributed by atoms with Crippen LogP contribution in [0.25, 0.3) is 11.0 Å². The molecule has 1 aliphatic heterocycles. The molecule has 0 bridgehead atoms. The fourth-order valence-corrected chi connectivity index (χ4v) is 4.51. The molecule has 1 aliphatic rings. The van der Waals surface area contributed by atoms with E-state index in [1.165, 1.54) is 5.52 Å². The van der Waals surface area contributed by atoms with Crippen LogP contribution in [0.15, 0.2) is 40.4 Å². The number of rotatable bonds is 5. The molecule has 1 aromatic carbocycles. The molecule has 0 saturated carbocycles. The van der Waals surface area contributed by atoms with Crippen LogP contribution in [0.2, 0.25) is 0 Å². The molecule has 1 saturated heterocycles. The summed E-state index contributed by atoms with van der Waals surface area (Å²) >= 11 is 1.63. The molecule has 7 heteroatoms. The quantitative estimate of drug-likeness (QED) is 0.605. The molecule has 0 N–H and O–H groups in total. The number of methoxy groups -OCH3 is 1. The highest BCUT2D eigenvalue weighted by Gasteiger charge is 2.25. The average Bonchev–Trinajstić information content (AvgIpc) is 3.07. The lowest BCUT2D eigenvalue weighted by Crippen LogP contribution is -2.25. The fourth-order valence-electron chi connectivity index (χ4n) is 3.72. The van der Waals surface area contributed by atoms with Crippen molar-refractivity contribution in [2.24, 2.45) is 5.92 Å². The highest BCUT2D eigenvalue weighted by Crippen LogP contribution is 2.33. The second-order valence-corrected chi connectivity index (χ2v) is 9.66. The van der Waals surface area contributed by atoms with E-state index in [4.69, 9.17) is 14.5 Å². The summed E-state index contributed by atoms with van der Waals surface area (Å²) in [6.07, 6.45) is 5.80. The van der Waals surface area contributed by atoms with Crippen LogP contribution in [0.4, 0.5) is 0 Å². The van der Waals surface area contributed by atoms with Crippen molar-refractivity contribution in [1.29, 1.82) is 0 Å². The van der Waals surface area contributed by atoms with Gasteiger partial charge in [0.1, 0.15) is 5.82 Å². The minimum Gasteiger partial charge on any atom is -0.467 e. The van der Waals surface area contributed by atoms with Gasteiger partial charge in [-0.15, -0.1) is 0 Å². The van der Waals surface area contributed by atoms with Gasteiger partial charge in [0.2, 0.25) is 0 Å². The molecule has 0 spiro atoms. The monoisotopic (exact) mass is 412 g/mol. The molecule has 3 aromatic rings. The standard InChI is InChI=1S/C22H28N4O2S/c1-22(2,3)20-25-18-11-16(29-17-12-23-21(27-4)24-13-17)5-6-19(18)26(20)14-15-7-9-28-10-8-15/h5-6,11-13,15H,7-10,14H2,1-4H3. The van der Waals surface area contributed by atoms with Gasteiger partial charge in [0.05, 0.1) is 18.1 Å². The Bertz CT molecular complexity index is 973. The molecule has 29 heavy (non-hydrogen) atoms. The molecule has 0 atom stereocenters. The van der Waals surface area contributed by atoms with Gasteiger partial charge in [-0.1, -0.05) is 32.5 Å². The Kier molecular flexibility index (Phi) is 5.79. The van der Waals surface area contributed by atoms with Crippen molar-refractivity contribution in [3.8, 4) is 6.01 Å². The summed E-state index contributed by atoms with van der Waals surface area (Å²) in [7, 11) is 1.57. The fraction of sp³-hybridized carbons (Fsp3) is 0.500. The van der Waals surface area contributed by atoms with Crippen LogP contribution in [0.5, 0.6) is 6.01 Å². The Labute approximate surface area is 176 Å². The first-order valence-corrected chi connectivity index (χ1v) is 10.9. The number of hydrogen-bond donors (Lipinski definition) is 0. The van der Waals surface area contributed by atoms with Crippen LogP contribution in [-0.2, 0) is 16.7 Å². The Morgan fingerprint density at radius 2 is 1.86 bits per heavy atom. The van der Waals surface area contributed by atoms with Gasteiger partial charge in [-0.3, -0.25) is 0 Å². The molecule has 0 amide bonds. The van der Waals surface area contributed by atoms with Crippen molar-refractivity contribution < 1.29 is 9.47 Å². The first kappa shape index (κ1) is 20.2. The molecule has 4 rings (SSSR count). The number of nitrogens with zero attached hydrogens (tertiary/aromatic N) is 4. The zero-order valence-electron chi connectivity index (χ0n) is 17.5. The van der Waals surface area contributed by atoms with Crippen LogP contribution in [0.1, 0.15) is 39.4 Å². The van der Waals surface area contributed by atoms with E-state index in [9.17, 15) is 0 Å². The number of hydrogen-bond acceptors (Lipinski definition) is 6. The summed E-state index contributed by atoms with van der Waals surface area (Å²) in [4.78, 5) is 15.5. The van der Waals surface area contributed by atoms with Gasteiger partial charge in [0.25, 0.3) is 0 Å². The smallest absolute Gasteiger partial charge is 0.316 e. The van der Waals surface area contributed by atoms with E-state index in [1.807, 2.05) is 0 Å². The largest absolute Gasteiger partial charge is 0.467 e. The molecule has 2 aromatic heterocycles. The van der Waals surface area contributed by atoms with E-state index >= 15 is 0 Å². The van der Waals surface area contributed by atoms with E-state index in [-0.39, 0.29) is 5.41 Å². The van der Waals surface area contributed by atoms with E-state index in [0.717, 1.165) is 53.7 Å². The van der Waals surface area contributed by atoms with Crippen LogP contribution in [0, 0.1) is 5.92 Å². The number of imidazole rings is 1. The molecule has 0 radical (unpaired) electrons. The molecule has 0 aliphatic carbocycles. The SMILES string of the molecule is COc1ncc(Sc2ccc3c(c2)nc(C(C)(C)C)n3CC2CCOCC2)cn1. The molecular formula is C22H28N4O2S. The molecule has 1 fully saturated rings. The van der Waals surface area contributed by atoms with Gasteiger partial charge in [-0.25, -0.2) is 15.0 Å². The maximum absolute atomic E-state index is 5.55. The predicted octanol–water partition coefficient (Wildman–Crippen LogP) is 4.71. The van der Waals surface area contributed by atoms with Gasteiger partial charge >= 0.3 is 6.01 Å². The number of fused-ring (bicyclic) bond motifs is 1. The Morgan fingerprint density at radius 3 is 2.52 bits per heavy atom. The lowest BCUT2D eigenvalue weighted by atomic mass is 9.94. The van der Waals surface area contributed by atoms with Crippen LogP contribution in [0.3, 0.4) is 0 Å². The van der Waals surface area contributed by atoms with E-state index in [0.29, 0.717) is 11.9 Å². The topological polar surface area (TPSA) is 62.1 Å². The summed E-state index contributed by atoms with van der Waals surface area (Å²) in [6.45, 7) is 9.45. The lowest BCUT2D eigenvalue weighted by molar-refractivity contribution is 0.0611. The third-order valence-electron chi connectivity index (χ3n) is 5.19. The van der Waals surface area contributed by atoms with Crippen molar-refractivity contribution in [3.63, 3.8) is 0 Å². The summed E-state index contributed by atoms with van der Waals surface area (Å²) in [5.41, 5.74) is 2.24. The van der Waals surface area contributed by atoms with Gasteiger partial charge in [-0.05, 0) is 37.0 Å². The minimum absolute atomic E-state index is 0.0126. The molecule has 3 heterocycles. The zero-order valence-corrected chi connectivity index (χ0v) is 18.3. The van der Waals surface area contributed by atoms with Gasteiger partial charge < -0.3 is 14.0 Å². The third kappa shape index (κ3) is 4.56. The Morgan fingerprint density at radius 1 is 1.14 bits per heavy atom. The molecule has 154 valence electrons. The van der Waals surface area contributed by atoms with Crippen LogP contribution >= 0.6 is 11.8 Å². The molecular weight excluding hydrogens is 384 g/mol. The van der Waals surface area contributed by atoms with E-state index in [2.05, 4.69) is 53.5 Å². The first-order chi connectivity index (χ1) is 13.9. The Balaban J connectivity index is 1.65. The second kappa shape index (κ2) is 8.32. The van der Waals surface area contributed by atoms with Crippen LogP contribution in [-0.4, -0.2) is 39.8 Å². The Hall–Kier alpha value is -2.12. The highest BCUT2D eigenvalue weighted by atomic mass is 32.2. The number of ether oxygens (including phenoxy) is 2. The summed E-state index contributed by atoms with van der Waals surface area (Å²) < 4.78 is 13.0. The summed E-state index contributed by atoms with van der Waals surface area (Å²) in [5.74, 6) is 1.79. The van der Waals surface area contributed by atoms with Gasteiger partial charge in [-0.2, -0.15) is 0 Å². The number of benzene rings is 1. The maximum atomic E-state index is 5.55. The third-order valence-corrected chi connectivity index (χ3v) is 6.13. The van der Waals surface area contributed by atoms with Crippen molar-refractivity contribution in [2.45, 2.75) is 55.4 Å². The minimum atomic E-state index is -0.0126. The first-order valence-electron chi connectivity index (χ1n) is 10.1. The zero-order chi connectivity index (χ0) is 20.4. The number of aromatic nitrogens is 4. The second-order valence-electron chi connectivity index (χ2n) is 8.51. The van der Waals surface area contributed by atoms with E-state index in [1.54, 1.807) is 31.3 Å². The van der Waals surface area contributed by atoms with Crippen LogP contribution < -0.4 is 4.74 Å². The lowest BCUT2D eigenvalue weighted by Gasteiger charge is -2.26. The average molecular weight is 413 g/mol. The summed E-state index contributed by atoms with van der Waals surface area (Å²) in [5, 5.41) is 0. The van der Waals surface area contributed by atoms with Crippen molar-refractivity contribution in [1.82, 2.24) is 19.5 Å².